The lowest BCUT2D eigenvalue weighted by Crippen LogP contribution is -2.16. The van der Waals surface area contributed by atoms with E-state index in [2.05, 4.69) is 124 Å². The van der Waals surface area contributed by atoms with E-state index in [0.717, 1.165) is 5.75 Å². The molecule has 4 aromatic rings. The maximum Gasteiger partial charge on any atom is 0.127 e. The lowest BCUT2D eigenvalue weighted by molar-refractivity contribution is -0.0147. The lowest BCUT2D eigenvalue weighted by Gasteiger charge is -2.26. The first-order valence-corrected chi connectivity index (χ1v) is 17.5. The van der Waals surface area contributed by atoms with Crippen LogP contribution in [0, 0.1) is 0 Å². The third kappa shape index (κ3) is 12.7. The topological polar surface area (TPSA) is 75.6 Å². The van der Waals surface area contributed by atoms with Crippen LogP contribution in [-0.2, 0) is 23.7 Å². The first-order chi connectivity index (χ1) is 24.1. The summed E-state index contributed by atoms with van der Waals surface area (Å²) >= 11 is 0. The highest BCUT2D eigenvalue weighted by Crippen LogP contribution is 2.42. The van der Waals surface area contributed by atoms with E-state index in [1.807, 2.05) is 0 Å². The van der Waals surface area contributed by atoms with Gasteiger partial charge in [0, 0.05) is 28.9 Å². The second kappa shape index (κ2) is 22.2. The van der Waals surface area contributed by atoms with E-state index in [0.29, 0.717) is 72.7 Å². The van der Waals surface area contributed by atoms with Gasteiger partial charge >= 0.3 is 0 Å². The van der Waals surface area contributed by atoms with Crippen molar-refractivity contribution in [3.8, 4) is 5.75 Å². The minimum absolute atomic E-state index is 0.0242. The van der Waals surface area contributed by atoms with Crippen molar-refractivity contribution in [3.63, 3.8) is 0 Å². The molecule has 0 aliphatic carbocycles. The Labute approximate surface area is 293 Å². The number of hydrogen-bond donors (Lipinski definition) is 1. The van der Waals surface area contributed by atoms with Crippen molar-refractivity contribution in [2.45, 2.75) is 38.5 Å². The Morgan fingerprint density at radius 1 is 0.408 bits per heavy atom. The molecule has 3 unspecified atom stereocenters. The van der Waals surface area contributed by atoms with Crippen LogP contribution < -0.4 is 4.74 Å². The zero-order valence-corrected chi connectivity index (χ0v) is 29.4. The Kier molecular flexibility index (Phi) is 17.3. The number of aliphatic hydroxyl groups excluding tert-OH is 1. The standard InChI is InChI=1S/C42H54O7/c1-33(36-13-7-4-8-14-36)39-31-40(34(2)37-15-9-5-10-16-37)42(41(32-39)35(3)38-17-11-6-12-18-38)49-30-29-48-28-27-47-26-25-46-24-23-45-22-21-44-20-19-43/h4-18,31-35,43H,19-30H2,1-3H3. The summed E-state index contributed by atoms with van der Waals surface area (Å²) in [6.45, 7) is 12.0. The average molecular weight is 671 g/mol. The molecular formula is C42H54O7. The Balaban J connectivity index is 1.37. The van der Waals surface area contributed by atoms with Crippen molar-refractivity contribution in [1.82, 2.24) is 0 Å². The van der Waals surface area contributed by atoms with Gasteiger partial charge in [-0.2, -0.15) is 0 Å². The van der Waals surface area contributed by atoms with Crippen molar-refractivity contribution in [3.05, 3.63) is 137 Å². The first-order valence-electron chi connectivity index (χ1n) is 17.5. The number of aliphatic hydroxyl groups is 1. The first kappa shape index (κ1) is 38.2. The summed E-state index contributed by atoms with van der Waals surface area (Å²) in [5, 5.41) is 8.68. The van der Waals surface area contributed by atoms with E-state index in [4.69, 9.17) is 33.5 Å². The summed E-state index contributed by atoms with van der Waals surface area (Å²) in [6, 6.07) is 36.7. The van der Waals surface area contributed by atoms with Gasteiger partial charge in [-0.25, -0.2) is 0 Å². The lowest BCUT2D eigenvalue weighted by atomic mass is 9.81. The molecular weight excluding hydrogens is 616 g/mol. The molecule has 0 bridgehead atoms. The predicted octanol–water partition coefficient (Wildman–Crippen LogP) is 7.60. The molecule has 3 atom stereocenters. The normalized spacial score (nSPS) is 13.2. The smallest absolute Gasteiger partial charge is 0.127 e. The molecule has 0 spiro atoms. The molecule has 0 aliphatic heterocycles. The van der Waals surface area contributed by atoms with Gasteiger partial charge in [-0.3, -0.25) is 0 Å². The monoisotopic (exact) mass is 670 g/mol. The van der Waals surface area contributed by atoms with Gasteiger partial charge in [0.25, 0.3) is 0 Å². The quantitative estimate of drug-likeness (QED) is 0.0770. The van der Waals surface area contributed by atoms with Gasteiger partial charge in [-0.15, -0.1) is 0 Å². The Morgan fingerprint density at radius 2 is 0.735 bits per heavy atom. The summed E-state index contributed by atoms with van der Waals surface area (Å²) in [4.78, 5) is 0. The van der Waals surface area contributed by atoms with E-state index >= 15 is 0 Å². The molecule has 49 heavy (non-hydrogen) atoms. The van der Waals surface area contributed by atoms with Crippen LogP contribution in [-0.4, -0.2) is 84.4 Å². The molecule has 7 heteroatoms. The number of hydrogen-bond acceptors (Lipinski definition) is 7. The Hall–Kier alpha value is -3.56. The maximum atomic E-state index is 8.68. The van der Waals surface area contributed by atoms with E-state index < -0.39 is 0 Å². The van der Waals surface area contributed by atoms with Gasteiger partial charge in [-0.05, 0) is 22.3 Å². The number of ether oxygens (including phenoxy) is 6. The second-order valence-corrected chi connectivity index (χ2v) is 12.1. The van der Waals surface area contributed by atoms with Crippen LogP contribution in [0.2, 0.25) is 0 Å². The van der Waals surface area contributed by atoms with Gasteiger partial charge in [0.2, 0.25) is 0 Å². The van der Waals surface area contributed by atoms with E-state index in [-0.39, 0.29) is 24.4 Å². The average Bonchev–Trinajstić information content (AvgIpc) is 3.16. The van der Waals surface area contributed by atoms with Gasteiger partial charge in [0.05, 0.1) is 72.7 Å². The van der Waals surface area contributed by atoms with Crippen LogP contribution >= 0.6 is 0 Å². The highest BCUT2D eigenvalue weighted by Gasteiger charge is 2.24. The van der Waals surface area contributed by atoms with Crippen LogP contribution in [0.25, 0.3) is 0 Å². The fraction of sp³-hybridized carbons (Fsp3) is 0.429. The van der Waals surface area contributed by atoms with Crippen LogP contribution in [0.15, 0.2) is 103 Å². The van der Waals surface area contributed by atoms with E-state index in [1.54, 1.807) is 0 Å². The molecule has 4 aromatic carbocycles. The van der Waals surface area contributed by atoms with Gasteiger partial charge in [0.1, 0.15) is 12.4 Å². The fourth-order valence-electron chi connectivity index (χ4n) is 5.78. The summed E-state index contributed by atoms with van der Waals surface area (Å²) in [6.07, 6.45) is 0. The van der Waals surface area contributed by atoms with E-state index in [1.165, 1.54) is 33.4 Å². The Bertz CT molecular complexity index is 1370. The summed E-state index contributed by atoms with van der Waals surface area (Å²) in [5.74, 6) is 1.43. The van der Waals surface area contributed by atoms with Gasteiger partial charge < -0.3 is 33.5 Å². The molecule has 0 aromatic heterocycles. The molecule has 0 saturated heterocycles. The molecule has 0 fully saturated rings. The van der Waals surface area contributed by atoms with Crippen molar-refractivity contribution in [1.29, 1.82) is 0 Å². The van der Waals surface area contributed by atoms with Crippen LogP contribution in [0.5, 0.6) is 5.75 Å². The summed E-state index contributed by atoms with van der Waals surface area (Å²) in [5.41, 5.74) is 7.46. The van der Waals surface area contributed by atoms with Crippen LogP contribution in [0.3, 0.4) is 0 Å². The SMILES string of the molecule is CC(c1ccccc1)c1cc(C(C)c2ccccc2)c(OCCOCCOCCOCCOCCOCCO)c(C(C)c2ccccc2)c1. The van der Waals surface area contributed by atoms with Crippen LogP contribution in [0.4, 0.5) is 0 Å². The van der Waals surface area contributed by atoms with Gasteiger partial charge in [-0.1, -0.05) is 124 Å². The predicted molar refractivity (Wildman–Crippen MR) is 195 cm³/mol. The third-order valence-electron chi connectivity index (χ3n) is 8.70. The molecule has 264 valence electrons. The van der Waals surface area contributed by atoms with Crippen molar-refractivity contribution in [2.75, 3.05) is 79.3 Å². The van der Waals surface area contributed by atoms with Crippen LogP contribution in [0.1, 0.15) is 71.9 Å². The zero-order valence-electron chi connectivity index (χ0n) is 29.4. The summed E-state index contributed by atoms with van der Waals surface area (Å²) < 4.78 is 34.4. The molecule has 0 radical (unpaired) electrons. The third-order valence-corrected chi connectivity index (χ3v) is 8.70. The molecule has 0 saturated carbocycles. The summed E-state index contributed by atoms with van der Waals surface area (Å²) in [7, 11) is 0. The molecule has 7 nitrogen and oxygen atoms in total. The van der Waals surface area contributed by atoms with Gasteiger partial charge in [0.15, 0.2) is 0 Å². The minimum Gasteiger partial charge on any atom is -0.491 e. The number of benzene rings is 4. The van der Waals surface area contributed by atoms with Crippen molar-refractivity contribution in [2.24, 2.45) is 0 Å². The minimum atomic E-state index is 0.0242. The highest BCUT2D eigenvalue weighted by molar-refractivity contribution is 5.54. The molecule has 0 aliphatic rings. The molecule has 0 amide bonds. The largest absolute Gasteiger partial charge is 0.491 e. The van der Waals surface area contributed by atoms with Crippen molar-refractivity contribution < 1.29 is 33.5 Å². The highest BCUT2D eigenvalue weighted by atomic mass is 16.6. The fourth-order valence-corrected chi connectivity index (χ4v) is 5.78. The molecule has 1 N–H and O–H groups in total. The maximum absolute atomic E-state index is 8.68. The molecule has 0 heterocycles. The zero-order chi connectivity index (χ0) is 34.5. The van der Waals surface area contributed by atoms with E-state index in [9.17, 15) is 0 Å². The van der Waals surface area contributed by atoms with Crippen molar-refractivity contribution >= 4 is 0 Å². The molecule has 4 rings (SSSR count). The Morgan fingerprint density at radius 3 is 1.10 bits per heavy atom. The second-order valence-electron chi connectivity index (χ2n) is 12.1. The number of rotatable bonds is 24.